The van der Waals surface area contributed by atoms with Crippen LogP contribution in [0.25, 0.3) is 0 Å². The van der Waals surface area contributed by atoms with E-state index in [9.17, 15) is 4.79 Å². The second-order valence-corrected chi connectivity index (χ2v) is 6.02. The molecule has 1 amide bonds. The van der Waals surface area contributed by atoms with Gasteiger partial charge in [-0.3, -0.25) is 14.2 Å². The lowest BCUT2D eigenvalue weighted by Crippen LogP contribution is -2.32. The van der Waals surface area contributed by atoms with Crippen LogP contribution in [0, 0.1) is 20.8 Å². The molecule has 0 aromatic carbocycles. The third-order valence-corrected chi connectivity index (χ3v) is 4.67. The molecule has 114 valence electrons. The number of halogens is 1. The van der Waals surface area contributed by atoms with Gasteiger partial charge in [-0.25, -0.2) is 0 Å². The maximum Gasteiger partial charge on any atom is 0.244 e. The van der Waals surface area contributed by atoms with E-state index < -0.39 is 0 Å². The Bertz CT molecular complexity index is 673. The van der Waals surface area contributed by atoms with Crippen LogP contribution in [0.5, 0.6) is 0 Å². The summed E-state index contributed by atoms with van der Waals surface area (Å²) in [4.78, 5) is 12.3. The van der Waals surface area contributed by atoms with Crippen molar-refractivity contribution >= 4 is 21.8 Å². The first-order valence-electron chi connectivity index (χ1n) is 6.79. The molecule has 2 aromatic heterocycles. The van der Waals surface area contributed by atoms with Crippen LogP contribution >= 0.6 is 15.9 Å². The second-order valence-electron chi connectivity index (χ2n) is 5.22. The van der Waals surface area contributed by atoms with Gasteiger partial charge in [0.2, 0.25) is 5.91 Å². The van der Waals surface area contributed by atoms with Gasteiger partial charge in [-0.15, -0.1) is 0 Å². The molecular formula is C14H20BrN5O. The number of rotatable bonds is 4. The van der Waals surface area contributed by atoms with Gasteiger partial charge in [0.05, 0.1) is 33.8 Å². The highest BCUT2D eigenvalue weighted by Crippen LogP contribution is 2.22. The average Bonchev–Trinajstić information content (AvgIpc) is 2.89. The summed E-state index contributed by atoms with van der Waals surface area (Å²) in [6.45, 7) is 8.09. The van der Waals surface area contributed by atoms with Crippen LogP contribution in [0.3, 0.4) is 0 Å². The molecule has 0 fully saturated rings. The summed E-state index contributed by atoms with van der Waals surface area (Å²) in [6.07, 6.45) is 0. The highest BCUT2D eigenvalue weighted by atomic mass is 79.9. The zero-order chi connectivity index (χ0) is 15.7. The van der Waals surface area contributed by atoms with E-state index in [2.05, 4.69) is 31.4 Å². The number of carbonyl (C=O) groups is 1. The van der Waals surface area contributed by atoms with Crippen LogP contribution in [0.15, 0.2) is 10.5 Å². The fourth-order valence-electron chi connectivity index (χ4n) is 2.29. The minimum absolute atomic E-state index is 0.0630. The van der Waals surface area contributed by atoms with E-state index in [1.807, 2.05) is 40.8 Å². The molecule has 0 saturated carbocycles. The Labute approximate surface area is 132 Å². The van der Waals surface area contributed by atoms with Crippen molar-refractivity contribution in [3.8, 4) is 0 Å². The fourth-order valence-corrected chi connectivity index (χ4v) is 2.55. The Kier molecular flexibility index (Phi) is 4.51. The van der Waals surface area contributed by atoms with Crippen LogP contribution in [-0.4, -0.2) is 25.5 Å². The Balaban J connectivity index is 2.06. The Morgan fingerprint density at radius 1 is 1.38 bits per heavy atom. The van der Waals surface area contributed by atoms with E-state index in [1.165, 1.54) is 0 Å². The number of aromatic nitrogens is 4. The lowest BCUT2D eigenvalue weighted by Gasteiger charge is -2.14. The van der Waals surface area contributed by atoms with Crippen molar-refractivity contribution in [3.05, 3.63) is 33.3 Å². The van der Waals surface area contributed by atoms with Gasteiger partial charge in [0.25, 0.3) is 0 Å². The minimum Gasteiger partial charge on any atom is -0.349 e. The summed E-state index contributed by atoms with van der Waals surface area (Å²) >= 11 is 3.48. The van der Waals surface area contributed by atoms with Gasteiger partial charge < -0.3 is 5.32 Å². The van der Waals surface area contributed by atoms with Crippen molar-refractivity contribution in [3.63, 3.8) is 0 Å². The third-order valence-electron chi connectivity index (χ3n) is 3.53. The molecule has 21 heavy (non-hydrogen) atoms. The largest absolute Gasteiger partial charge is 0.349 e. The van der Waals surface area contributed by atoms with Gasteiger partial charge in [-0.2, -0.15) is 10.2 Å². The molecule has 1 N–H and O–H groups in total. The molecule has 0 aliphatic rings. The number of amides is 1. The molecule has 0 spiro atoms. The van der Waals surface area contributed by atoms with Crippen molar-refractivity contribution in [2.45, 2.75) is 40.3 Å². The van der Waals surface area contributed by atoms with Gasteiger partial charge in [-0.05, 0) is 49.7 Å². The molecule has 0 bridgehead atoms. The number of carbonyl (C=O) groups excluding carboxylic acids is 1. The van der Waals surface area contributed by atoms with E-state index in [0.29, 0.717) is 6.54 Å². The predicted molar refractivity (Wildman–Crippen MR) is 83.9 cm³/mol. The summed E-state index contributed by atoms with van der Waals surface area (Å²) in [7, 11) is 1.87. The van der Waals surface area contributed by atoms with Crippen molar-refractivity contribution in [2.75, 3.05) is 0 Å². The predicted octanol–water partition coefficient (Wildman–Crippen LogP) is 2.18. The number of nitrogens with one attached hydrogen (secondary N) is 1. The fraction of sp³-hybridized carbons (Fsp3) is 0.500. The molecule has 0 aliphatic carbocycles. The van der Waals surface area contributed by atoms with Gasteiger partial charge >= 0.3 is 0 Å². The standard InChI is InChI=1S/C14H20BrN5O/c1-8-6-12(19(5)17-8)7-16-14(21)11(4)20-10(3)13(15)9(2)18-20/h6,11H,7H2,1-5H3,(H,16,21). The maximum atomic E-state index is 12.3. The van der Waals surface area contributed by atoms with Crippen LogP contribution in [-0.2, 0) is 18.4 Å². The highest BCUT2D eigenvalue weighted by Gasteiger charge is 2.20. The van der Waals surface area contributed by atoms with Crippen LogP contribution in [0.1, 0.15) is 35.7 Å². The minimum atomic E-state index is -0.357. The quantitative estimate of drug-likeness (QED) is 0.915. The SMILES string of the molecule is Cc1cc(CNC(=O)C(C)n2nc(C)c(Br)c2C)n(C)n1. The number of aryl methyl sites for hydroxylation is 3. The number of hydrogen-bond acceptors (Lipinski definition) is 3. The molecule has 1 unspecified atom stereocenters. The molecule has 2 heterocycles. The van der Waals surface area contributed by atoms with Crippen molar-refractivity contribution in [2.24, 2.45) is 7.05 Å². The summed E-state index contributed by atoms with van der Waals surface area (Å²) in [5.74, 6) is -0.0630. The van der Waals surface area contributed by atoms with Crippen molar-refractivity contribution < 1.29 is 4.79 Å². The van der Waals surface area contributed by atoms with Gasteiger partial charge in [-0.1, -0.05) is 0 Å². The topological polar surface area (TPSA) is 64.7 Å². The first kappa shape index (κ1) is 15.8. The molecule has 2 aromatic rings. The zero-order valence-corrected chi connectivity index (χ0v) is 14.5. The Hall–Kier alpha value is -1.63. The molecule has 0 aliphatic heterocycles. The zero-order valence-electron chi connectivity index (χ0n) is 12.9. The summed E-state index contributed by atoms with van der Waals surface area (Å²) in [5, 5.41) is 11.6. The van der Waals surface area contributed by atoms with Gasteiger partial charge in [0, 0.05) is 7.05 Å². The van der Waals surface area contributed by atoms with E-state index in [4.69, 9.17) is 0 Å². The van der Waals surface area contributed by atoms with Crippen molar-refractivity contribution in [1.29, 1.82) is 0 Å². The first-order valence-corrected chi connectivity index (χ1v) is 7.59. The molecule has 0 radical (unpaired) electrons. The van der Waals surface area contributed by atoms with Crippen molar-refractivity contribution in [1.82, 2.24) is 24.9 Å². The van der Waals surface area contributed by atoms with E-state index >= 15 is 0 Å². The van der Waals surface area contributed by atoms with E-state index in [-0.39, 0.29) is 11.9 Å². The smallest absolute Gasteiger partial charge is 0.244 e. The molecule has 7 heteroatoms. The molecule has 6 nitrogen and oxygen atoms in total. The molecule has 2 rings (SSSR count). The summed E-state index contributed by atoms with van der Waals surface area (Å²) < 4.78 is 4.47. The summed E-state index contributed by atoms with van der Waals surface area (Å²) in [6, 6.07) is 1.61. The van der Waals surface area contributed by atoms with Gasteiger partial charge in [0.1, 0.15) is 6.04 Å². The normalized spacial score (nSPS) is 12.5. The van der Waals surface area contributed by atoms with E-state index in [0.717, 1.165) is 27.2 Å². The molecular weight excluding hydrogens is 334 g/mol. The maximum absolute atomic E-state index is 12.3. The summed E-state index contributed by atoms with van der Waals surface area (Å²) in [5.41, 5.74) is 3.75. The third kappa shape index (κ3) is 3.18. The van der Waals surface area contributed by atoms with E-state index in [1.54, 1.807) is 9.36 Å². The highest BCUT2D eigenvalue weighted by molar-refractivity contribution is 9.10. The van der Waals surface area contributed by atoms with Crippen LogP contribution in [0.2, 0.25) is 0 Å². The van der Waals surface area contributed by atoms with Crippen LogP contribution in [0.4, 0.5) is 0 Å². The monoisotopic (exact) mass is 353 g/mol. The lowest BCUT2D eigenvalue weighted by atomic mass is 10.3. The second kappa shape index (κ2) is 6.01. The average molecular weight is 354 g/mol. The van der Waals surface area contributed by atoms with Gasteiger partial charge in [0.15, 0.2) is 0 Å². The Morgan fingerprint density at radius 3 is 2.52 bits per heavy atom. The molecule has 0 saturated heterocycles. The number of hydrogen-bond donors (Lipinski definition) is 1. The molecule has 1 atom stereocenters. The first-order chi connectivity index (χ1) is 9.81. The number of nitrogens with zero attached hydrogens (tertiary/aromatic N) is 4. The lowest BCUT2D eigenvalue weighted by molar-refractivity contribution is -0.124. The van der Waals surface area contributed by atoms with Crippen LogP contribution < -0.4 is 5.32 Å². The Morgan fingerprint density at radius 2 is 2.05 bits per heavy atom.